The molecule has 1 aromatic carbocycles. The van der Waals surface area contributed by atoms with Gasteiger partial charge in [0.1, 0.15) is 0 Å². The SMILES string of the molecule is Cc1cc(C)c(C(CCC(C)C)NN)cc1C. The molecule has 1 rings (SSSR count). The van der Waals surface area contributed by atoms with Gasteiger partial charge in [-0.15, -0.1) is 0 Å². The Bertz CT molecular complexity index is 369. The molecule has 0 saturated carbocycles. The monoisotopic (exact) mass is 234 g/mol. The van der Waals surface area contributed by atoms with Gasteiger partial charge in [0.05, 0.1) is 0 Å². The first-order valence-electron chi connectivity index (χ1n) is 6.49. The lowest BCUT2D eigenvalue weighted by Gasteiger charge is -2.21. The Hall–Kier alpha value is -0.860. The highest BCUT2D eigenvalue weighted by Crippen LogP contribution is 2.25. The van der Waals surface area contributed by atoms with Crippen LogP contribution in [0.5, 0.6) is 0 Å². The van der Waals surface area contributed by atoms with Crippen molar-refractivity contribution >= 4 is 0 Å². The Morgan fingerprint density at radius 3 is 2.12 bits per heavy atom. The van der Waals surface area contributed by atoms with E-state index in [1.54, 1.807) is 0 Å². The van der Waals surface area contributed by atoms with Crippen molar-refractivity contribution in [3.05, 3.63) is 34.4 Å². The van der Waals surface area contributed by atoms with Crippen LogP contribution in [-0.2, 0) is 0 Å². The lowest BCUT2D eigenvalue weighted by molar-refractivity contribution is 0.447. The first-order valence-corrected chi connectivity index (χ1v) is 6.49. The second-order valence-electron chi connectivity index (χ2n) is 5.48. The van der Waals surface area contributed by atoms with Crippen molar-refractivity contribution in [1.29, 1.82) is 0 Å². The van der Waals surface area contributed by atoms with Crippen molar-refractivity contribution in [3.8, 4) is 0 Å². The van der Waals surface area contributed by atoms with Crippen LogP contribution in [0, 0.1) is 26.7 Å². The van der Waals surface area contributed by atoms with Crippen molar-refractivity contribution in [2.75, 3.05) is 0 Å². The standard InChI is InChI=1S/C15H26N2/c1-10(2)6-7-15(17-16)14-9-12(4)11(3)8-13(14)5/h8-10,15,17H,6-7,16H2,1-5H3. The number of nitrogens with one attached hydrogen (secondary N) is 1. The molecule has 0 bridgehead atoms. The van der Waals surface area contributed by atoms with E-state index < -0.39 is 0 Å². The molecule has 0 saturated heterocycles. The first kappa shape index (κ1) is 14.2. The van der Waals surface area contributed by atoms with Crippen LogP contribution in [0.25, 0.3) is 0 Å². The summed E-state index contributed by atoms with van der Waals surface area (Å²) in [6.45, 7) is 11.0. The molecule has 1 atom stereocenters. The predicted octanol–water partition coefficient (Wildman–Crippen LogP) is 3.55. The van der Waals surface area contributed by atoms with Gasteiger partial charge < -0.3 is 0 Å². The van der Waals surface area contributed by atoms with Crippen LogP contribution in [-0.4, -0.2) is 0 Å². The molecule has 17 heavy (non-hydrogen) atoms. The lowest BCUT2D eigenvalue weighted by Crippen LogP contribution is -2.29. The molecule has 0 radical (unpaired) electrons. The zero-order valence-corrected chi connectivity index (χ0v) is 11.8. The Kier molecular flexibility index (Phi) is 5.16. The maximum absolute atomic E-state index is 5.70. The van der Waals surface area contributed by atoms with Gasteiger partial charge >= 0.3 is 0 Å². The van der Waals surface area contributed by atoms with Gasteiger partial charge in [0.25, 0.3) is 0 Å². The number of hydrazine groups is 1. The van der Waals surface area contributed by atoms with Gasteiger partial charge in [-0.25, -0.2) is 0 Å². The molecule has 0 spiro atoms. The summed E-state index contributed by atoms with van der Waals surface area (Å²) in [5, 5.41) is 0. The summed E-state index contributed by atoms with van der Waals surface area (Å²) in [6, 6.07) is 4.80. The van der Waals surface area contributed by atoms with Gasteiger partial charge in [-0.2, -0.15) is 0 Å². The van der Waals surface area contributed by atoms with Gasteiger partial charge in [-0.05, 0) is 61.8 Å². The quantitative estimate of drug-likeness (QED) is 0.604. The highest BCUT2D eigenvalue weighted by atomic mass is 15.2. The highest BCUT2D eigenvalue weighted by Gasteiger charge is 2.13. The number of hydrogen-bond acceptors (Lipinski definition) is 2. The molecule has 96 valence electrons. The second kappa shape index (κ2) is 6.18. The third-order valence-corrected chi connectivity index (χ3v) is 3.49. The number of aryl methyl sites for hydroxylation is 3. The van der Waals surface area contributed by atoms with Gasteiger partial charge in [-0.3, -0.25) is 11.3 Å². The van der Waals surface area contributed by atoms with E-state index in [9.17, 15) is 0 Å². The molecule has 0 fully saturated rings. The van der Waals surface area contributed by atoms with E-state index in [-0.39, 0.29) is 6.04 Å². The Morgan fingerprint density at radius 2 is 1.59 bits per heavy atom. The molecule has 2 heteroatoms. The molecule has 1 unspecified atom stereocenters. The van der Waals surface area contributed by atoms with Gasteiger partial charge in [0.15, 0.2) is 0 Å². The molecule has 0 aliphatic heterocycles. The third kappa shape index (κ3) is 3.83. The van der Waals surface area contributed by atoms with Gasteiger partial charge in [-0.1, -0.05) is 26.0 Å². The van der Waals surface area contributed by atoms with E-state index in [4.69, 9.17) is 5.84 Å². The number of benzene rings is 1. The van der Waals surface area contributed by atoms with E-state index in [1.165, 1.54) is 28.7 Å². The fourth-order valence-corrected chi connectivity index (χ4v) is 2.19. The smallest absolute Gasteiger partial charge is 0.0462 e. The number of rotatable bonds is 5. The average Bonchev–Trinajstić information content (AvgIpc) is 2.25. The summed E-state index contributed by atoms with van der Waals surface area (Å²) in [5.41, 5.74) is 8.33. The predicted molar refractivity (Wildman–Crippen MR) is 74.8 cm³/mol. The van der Waals surface area contributed by atoms with Gasteiger partial charge in [0.2, 0.25) is 0 Å². The normalized spacial score (nSPS) is 13.1. The summed E-state index contributed by atoms with van der Waals surface area (Å²) in [6.07, 6.45) is 2.29. The van der Waals surface area contributed by atoms with Crippen LogP contribution in [0.4, 0.5) is 0 Å². The Morgan fingerprint density at radius 1 is 1.00 bits per heavy atom. The molecule has 2 nitrogen and oxygen atoms in total. The van der Waals surface area contributed by atoms with Crippen LogP contribution >= 0.6 is 0 Å². The van der Waals surface area contributed by atoms with Crippen LogP contribution < -0.4 is 11.3 Å². The first-order chi connectivity index (χ1) is 7.95. The van der Waals surface area contributed by atoms with Gasteiger partial charge in [0, 0.05) is 6.04 Å². The van der Waals surface area contributed by atoms with Crippen molar-refractivity contribution in [2.45, 2.75) is 53.5 Å². The fourth-order valence-electron chi connectivity index (χ4n) is 2.19. The largest absolute Gasteiger partial charge is 0.271 e. The fraction of sp³-hybridized carbons (Fsp3) is 0.600. The summed E-state index contributed by atoms with van der Waals surface area (Å²) in [4.78, 5) is 0. The minimum Gasteiger partial charge on any atom is -0.271 e. The third-order valence-electron chi connectivity index (χ3n) is 3.49. The maximum atomic E-state index is 5.70. The van der Waals surface area contributed by atoms with Crippen LogP contribution in [0.1, 0.15) is 55.0 Å². The number of nitrogens with two attached hydrogens (primary N) is 1. The molecule has 0 aromatic heterocycles. The average molecular weight is 234 g/mol. The zero-order valence-electron chi connectivity index (χ0n) is 11.8. The maximum Gasteiger partial charge on any atom is 0.0462 e. The van der Waals surface area contributed by atoms with Crippen molar-refractivity contribution in [2.24, 2.45) is 11.8 Å². The van der Waals surface area contributed by atoms with E-state index >= 15 is 0 Å². The van der Waals surface area contributed by atoms with Crippen LogP contribution in [0.2, 0.25) is 0 Å². The Labute approximate surface area is 106 Å². The minimum absolute atomic E-state index is 0.275. The van der Waals surface area contributed by atoms with E-state index in [1.807, 2.05) is 0 Å². The summed E-state index contributed by atoms with van der Waals surface area (Å²) >= 11 is 0. The zero-order chi connectivity index (χ0) is 13.0. The van der Waals surface area contributed by atoms with Crippen molar-refractivity contribution in [1.82, 2.24) is 5.43 Å². The topological polar surface area (TPSA) is 38.0 Å². The van der Waals surface area contributed by atoms with E-state index in [0.717, 1.165) is 12.3 Å². The molecule has 0 aliphatic rings. The minimum atomic E-state index is 0.275. The van der Waals surface area contributed by atoms with Crippen molar-refractivity contribution < 1.29 is 0 Å². The summed E-state index contributed by atoms with van der Waals surface area (Å²) in [5.74, 6) is 6.42. The number of hydrogen-bond donors (Lipinski definition) is 2. The Balaban J connectivity index is 2.91. The molecular weight excluding hydrogens is 208 g/mol. The van der Waals surface area contributed by atoms with Crippen LogP contribution in [0.15, 0.2) is 12.1 Å². The molecule has 0 heterocycles. The van der Waals surface area contributed by atoms with Crippen LogP contribution in [0.3, 0.4) is 0 Å². The molecular formula is C15H26N2. The molecule has 3 N–H and O–H groups in total. The second-order valence-corrected chi connectivity index (χ2v) is 5.48. The molecule has 0 aliphatic carbocycles. The highest BCUT2D eigenvalue weighted by molar-refractivity contribution is 5.38. The lowest BCUT2D eigenvalue weighted by atomic mass is 9.92. The molecule has 0 amide bonds. The molecule has 1 aromatic rings. The van der Waals surface area contributed by atoms with Crippen molar-refractivity contribution in [3.63, 3.8) is 0 Å². The van der Waals surface area contributed by atoms with E-state index in [2.05, 4.69) is 52.2 Å². The summed E-state index contributed by atoms with van der Waals surface area (Å²) < 4.78 is 0. The van der Waals surface area contributed by atoms with E-state index in [0.29, 0.717) is 0 Å². The summed E-state index contributed by atoms with van der Waals surface area (Å²) in [7, 11) is 0.